The second-order valence-corrected chi connectivity index (χ2v) is 7.76. The molecule has 0 aromatic carbocycles. The van der Waals surface area contributed by atoms with Gasteiger partial charge in [0.15, 0.2) is 0 Å². The number of unbranched alkanes of at least 4 members (excludes halogenated alkanes) is 10. The normalized spacial score (nSPS) is 15.1. The van der Waals surface area contributed by atoms with Crippen LogP contribution < -0.4 is 16.0 Å². The van der Waals surface area contributed by atoms with Crippen molar-refractivity contribution in [3.05, 3.63) is 11.4 Å². The molecule has 1 heterocycles. The monoisotopic (exact) mass is 351 g/mol. The lowest BCUT2D eigenvalue weighted by Gasteiger charge is -2.19. The van der Waals surface area contributed by atoms with Gasteiger partial charge in [0.1, 0.15) is 0 Å². The molecule has 25 heavy (non-hydrogen) atoms. The van der Waals surface area contributed by atoms with E-state index in [1.165, 1.54) is 82.9 Å². The second-order valence-electron chi connectivity index (χ2n) is 7.76. The molecule has 3 N–H and O–H groups in total. The Hall–Kier alpha value is -0.700. The molecule has 0 amide bonds. The summed E-state index contributed by atoms with van der Waals surface area (Å²) in [5, 5.41) is 10.5. The van der Waals surface area contributed by atoms with Gasteiger partial charge in [-0.05, 0) is 24.5 Å². The molecule has 0 spiro atoms. The highest BCUT2D eigenvalue weighted by Gasteiger charge is 2.16. The topological polar surface area (TPSA) is 36.1 Å². The van der Waals surface area contributed by atoms with E-state index in [4.69, 9.17) is 0 Å². The van der Waals surface area contributed by atoms with Crippen molar-refractivity contribution in [2.75, 3.05) is 26.2 Å². The number of hydrogen-bond acceptors (Lipinski definition) is 3. The van der Waals surface area contributed by atoms with E-state index < -0.39 is 0 Å². The van der Waals surface area contributed by atoms with Gasteiger partial charge in [-0.25, -0.2) is 0 Å². The van der Waals surface area contributed by atoms with Crippen LogP contribution in [0.5, 0.6) is 0 Å². The summed E-state index contributed by atoms with van der Waals surface area (Å²) in [5.41, 5.74) is 1.55. The van der Waals surface area contributed by atoms with Gasteiger partial charge in [-0.15, -0.1) is 0 Å². The summed E-state index contributed by atoms with van der Waals surface area (Å²) < 4.78 is 0. The lowest BCUT2D eigenvalue weighted by Crippen LogP contribution is -2.26. The van der Waals surface area contributed by atoms with E-state index in [9.17, 15) is 0 Å². The molecule has 3 nitrogen and oxygen atoms in total. The summed E-state index contributed by atoms with van der Waals surface area (Å²) in [6, 6.07) is 0. The molecule has 0 radical (unpaired) electrons. The molecular weight excluding hydrogens is 306 g/mol. The van der Waals surface area contributed by atoms with E-state index >= 15 is 0 Å². The van der Waals surface area contributed by atoms with E-state index in [2.05, 4.69) is 36.7 Å². The highest BCUT2D eigenvalue weighted by atomic mass is 15.2. The SMILES string of the molecule is CCCCCCCCCCCCCC(C)C(CNCC)=C1NCCN1. The zero-order chi connectivity index (χ0) is 18.2. The minimum absolute atomic E-state index is 0.672. The van der Waals surface area contributed by atoms with Crippen LogP contribution >= 0.6 is 0 Å². The molecule has 0 aromatic rings. The third-order valence-corrected chi connectivity index (χ3v) is 5.45. The third-order valence-electron chi connectivity index (χ3n) is 5.45. The van der Waals surface area contributed by atoms with Crippen LogP contribution in [0.15, 0.2) is 11.4 Å². The molecule has 1 fully saturated rings. The molecule has 3 heteroatoms. The smallest absolute Gasteiger partial charge is 0.0995 e. The fourth-order valence-electron chi connectivity index (χ4n) is 3.72. The lowest BCUT2D eigenvalue weighted by atomic mass is 9.94. The Morgan fingerprint density at radius 1 is 0.840 bits per heavy atom. The zero-order valence-corrected chi connectivity index (χ0v) is 17.4. The summed E-state index contributed by atoms with van der Waals surface area (Å²) in [5.74, 6) is 1.97. The minimum atomic E-state index is 0.672. The van der Waals surface area contributed by atoms with E-state index in [1.54, 1.807) is 5.57 Å². The average molecular weight is 352 g/mol. The van der Waals surface area contributed by atoms with Gasteiger partial charge in [0.25, 0.3) is 0 Å². The van der Waals surface area contributed by atoms with Gasteiger partial charge in [0, 0.05) is 19.6 Å². The Morgan fingerprint density at radius 2 is 1.36 bits per heavy atom. The first-order valence-corrected chi connectivity index (χ1v) is 11.2. The van der Waals surface area contributed by atoms with Gasteiger partial charge in [-0.3, -0.25) is 0 Å². The summed E-state index contributed by atoms with van der Waals surface area (Å²) in [6.45, 7) is 11.1. The van der Waals surface area contributed by atoms with Crippen LogP contribution in [0, 0.1) is 5.92 Å². The van der Waals surface area contributed by atoms with E-state index in [0.717, 1.165) is 26.2 Å². The molecule has 1 unspecified atom stereocenters. The van der Waals surface area contributed by atoms with Crippen LogP contribution in [0.1, 0.15) is 97.8 Å². The van der Waals surface area contributed by atoms with Gasteiger partial charge < -0.3 is 16.0 Å². The number of hydrogen-bond donors (Lipinski definition) is 3. The molecule has 1 saturated heterocycles. The van der Waals surface area contributed by atoms with Crippen LogP contribution in [-0.4, -0.2) is 26.2 Å². The molecule has 0 aromatic heterocycles. The predicted octanol–water partition coefficient (Wildman–Crippen LogP) is 5.34. The Labute approximate surface area is 157 Å². The quantitative estimate of drug-likeness (QED) is 0.329. The van der Waals surface area contributed by atoms with E-state index in [1.807, 2.05) is 0 Å². The Morgan fingerprint density at radius 3 is 1.88 bits per heavy atom. The van der Waals surface area contributed by atoms with E-state index in [-0.39, 0.29) is 0 Å². The van der Waals surface area contributed by atoms with Crippen molar-refractivity contribution in [1.82, 2.24) is 16.0 Å². The fourth-order valence-corrected chi connectivity index (χ4v) is 3.72. The Bertz CT molecular complexity index is 330. The molecule has 1 aliphatic rings. The highest BCUT2D eigenvalue weighted by Crippen LogP contribution is 2.21. The van der Waals surface area contributed by atoms with Crippen molar-refractivity contribution in [2.45, 2.75) is 97.8 Å². The largest absolute Gasteiger partial charge is 0.370 e. The van der Waals surface area contributed by atoms with Crippen LogP contribution in [0.2, 0.25) is 0 Å². The summed E-state index contributed by atoms with van der Waals surface area (Å²) >= 11 is 0. The summed E-state index contributed by atoms with van der Waals surface area (Å²) in [7, 11) is 0. The molecule has 1 atom stereocenters. The van der Waals surface area contributed by atoms with Crippen LogP contribution in [-0.2, 0) is 0 Å². The van der Waals surface area contributed by atoms with Crippen molar-refractivity contribution in [2.24, 2.45) is 5.92 Å². The van der Waals surface area contributed by atoms with Crippen molar-refractivity contribution in [3.63, 3.8) is 0 Å². The minimum Gasteiger partial charge on any atom is -0.370 e. The highest BCUT2D eigenvalue weighted by molar-refractivity contribution is 5.18. The Kier molecular flexibility index (Phi) is 13.9. The lowest BCUT2D eigenvalue weighted by molar-refractivity contribution is 0.502. The van der Waals surface area contributed by atoms with Crippen molar-refractivity contribution < 1.29 is 0 Å². The summed E-state index contributed by atoms with van der Waals surface area (Å²) in [4.78, 5) is 0. The molecule has 0 aliphatic carbocycles. The van der Waals surface area contributed by atoms with Gasteiger partial charge in [0.05, 0.1) is 5.82 Å². The van der Waals surface area contributed by atoms with Gasteiger partial charge >= 0.3 is 0 Å². The van der Waals surface area contributed by atoms with Crippen molar-refractivity contribution in [1.29, 1.82) is 0 Å². The summed E-state index contributed by atoms with van der Waals surface area (Å²) in [6.07, 6.45) is 17.0. The van der Waals surface area contributed by atoms with Crippen LogP contribution in [0.25, 0.3) is 0 Å². The number of rotatable bonds is 16. The zero-order valence-electron chi connectivity index (χ0n) is 17.4. The standard InChI is InChI=1S/C22H45N3/c1-4-6-7-8-9-10-11-12-13-14-15-16-20(3)21(19-23-5-2)22-24-17-18-25-22/h20,23-25H,4-19H2,1-3H3. The molecule has 0 bridgehead atoms. The maximum Gasteiger partial charge on any atom is 0.0995 e. The molecule has 1 aliphatic heterocycles. The van der Waals surface area contributed by atoms with Crippen LogP contribution in [0.3, 0.4) is 0 Å². The molecular formula is C22H45N3. The number of nitrogens with one attached hydrogen (secondary N) is 3. The van der Waals surface area contributed by atoms with Crippen LogP contribution in [0.4, 0.5) is 0 Å². The third kappa shape index (κ3) is 10.8. The van der Waals surface area contributed by atoms with E-state index in [0.29, 0.717) is 5.92 Å². The first-order chi connectivity index (χ1) is 12.3. The second kappa shape index (κ2) is 15.5. The Balaban J connectivity index is 2.06. The van der Waals surface area contributed by atoms with Gasteiger partial charge in [0.2, 0.25) is 0 Å². The van der Waals surface area contributed by atoms with Crippen molar-refractivity contribution in [3.8, 4) is 0 Å². The van der Waals surface area contributed by atoms with Crippen molar-refractivity contribution >= 4 is 0 Å². The maximum absolute atomic E-state index is 3.52. The number of likely N-dealkylation sites (N-methyl/N-ethyl adjacent to an activating group) is 1. The first kappa shape index (κ1) is 22.3. The first-order valence-electron chi connectivity index (χ1n) is 11.2. The fraction of sp³-hybridized carbons (Fsp3) is 0.909. The molecule has 148 valence electrons. The molecule has 1 rings (SSSR count). The van der Waals surface area contributed by atoms with Gasteiger partial charge in [-0.2, -0.15) is 0 Å². The predicted molar refractivity (Wildman–Crippen MR) is 112 cm³/mol. The molecule has 0 saturated carbocycles. The maximum atomic E-state index is 3.52. The van der Waals surface area contributed by atoms with Gasteiger partial charge in [-0.1, -0.05) is 91.4 Å². The average Bonchev–Trinajstić information content (AvgIpc) is 3.14.